The monoisotopic (exact) mass is 243 g/mol. The Balaban J connectivity index is 3.14. The average molecular weight is 243 g/mol. The summed E-state index contributed by atoms with van der Waals surface area (Å²) in [4.78, 5) is 0. The molecule has 0 aliphatic rings. The van der Waals surface area contributed by atoms with Gasteiger partial charge in [-0.1, -0.05) is 39.0 Å². The predicted molar refractivity (Wildman–Crippen MR) is 76.5 cm³/mol. The second kappa shape index (κ2) is 12.4. The van der Waals surface area contributed by atoms with Gasteiger partial charge in [-0.15, -0.1) is 0 Å². The molecule has 0 fully saturated rings. The van der Waals surface area contributed by atoms with Crippen LogP contribution in [0.1, 0.15) is 72.6 Å². The normalized spacial score (nSPS) is 13.2. The molecule has 17 heavy (non-hydrogen) atoms. The van der Waals surface area contributed by atoms with Gasteiger partial charge in [0.2, 0.25) is 0 Å². The zero-order chi connectivity index (χ0) is 12.9. The molecule has 1 N–H and O–H groups in total. The summed E-state index contributed by atoms with van der Waals surface area (Å²) >= 11 is 0. The third kappa shape index (κ3) is 13.9. The van der Waals surface area contributed by atoms with E-state index in [9.17, 15) is 0 Å². The van der Waals surface area contributed by atoms with E-state index in [-0.39, 0.29) is 0 Å². The molecule has 104 valence electrons. The fourth-order valence-corrected chi connectivity index (χ4v) is 1.90. The molecule has 0 aliphatic heterocycles. The first-order chi connectivity index (χ1) is 8.16. The lowest BCUT2D eigenvalue weighted by Gasteiger charge is -2.14. The largest absolute Gasteiger partial charge is 0.379 e. The minimum absolute atomic E-state index is 0.367. The standard InChI is InChI=1S/C15H33NO/c1-5-6-7-8-9-11-15(4)16-12-10-13-17-14(2)3/h14-16H,5-13H2,1-4H3. The molecule has 0 saturated heterocycles. The van der Waals surface area contributed by atoms with Crippen molar-refractivity contribution >= 4 is 0 Å². The van der Waals surface area contributed by atoms with Crippen LogP contribution in [0.2, 0.25) is 0 Å². The van der Waals surface area contributed by atoms with Gasteiger partial charge in [0.1, 0.15) is 0 Å². The van der Waals surface area contributed by atoms with Crippen LogP contribution in [0.5, 0.6) is 0 Å². The topological polar surface area (TPSA) is 21.3 Å². The molecule has 0 bridgehead atoms. The minimum Gasteiger partial charge on any atom is -0.379 e. The summed E-state index contributed by atoms with van der Waals surface area (Å²) in [5, 5.41) is 3.57. The molecular weight excluding hydrogens is 210 g/mol. The van der Waals surface area contributed by atoms with Crippen molar-refractivity contribution in [3.05, 3.63) is 0 Å². The molecule has 0 aromatic rings. The van der Waals surface area contributed by atoms with E-state index in [0.717, 1.165) is 19.6 Å². The summed E-state index contributed by atoms with van der Waals surface area (Å²) in [7, 11) is 0. The maximum Gasteiger partial charge on any atom is 0.0518 e. The number of hydrogen-bond acceptors (Lipinski definition) is 2. The van der Waals surface area contributed by atoms with Gasteiger partial charge < -0.3 is 10.1 Å². The summed E-state index contributed by atoms with van der Waals surface area (Å²) in [5.74, 6) is 0. The molecular formula is C15H33NO. The van der Waals surface area contributed by atoms with E-state index in [1.54, 1.807) is 0 Å². The van der Waals surface area contributed by atoms with Gasteiger partial charge in [-0.3, -0.25) is 0 Å². The fourth-order valence-electron chi connectivity index (χ4n) is 1.90. The highest BCUT2D eigenvalue weighted by molar-refractivity contribution is 4.60. The van der Waals surface area contributed by atoms with Gasteiger partial charge in [0.25, 0.3) is 0 Å². The first kappa shape index (κ1) is 16.9. The Morgan fingerprint density at radius 3 is 2.29 bits per heavy atom. The van der Waals surface area contributed by atoms with Gasteiger partial charge in [0, 0.05) is 12.6 Å². The zero-order valence-corrected chi connectivity index (χ0v) is 12.4. The van der Waals surface area contributed by atoms with E-state index < -0.39 is 0 Å². The lowest BCUT2D eigenvalue weighted by molar-refractivity contribution is 0.0767. The molecule has 0 rings (SSSR count). The van der Waals surface area contributed by atoms with Gasteiger partial charge in [-0.25, -0.2) is 0 Å². The van der Waals surface area contributed by atoms with Crippen molar-refractivity contribution < 1.29 is 4.74 Å². The molecule has 0 aliphatic carbocycles. The lowest BCUT2D eigenvalue weighted by Crippen LogP contribution is -2.27. The van der Waals surface area contributed by atoms with Gasteiger partial charge >= 0.3 is 0 Å². The minimum atomic E-state index is 0.367. The molecule has 0 aromatic heterocycles. The van der Waals surface area contributed by atoms with E-state index >= 15 is 0 Å². The Bertz CT molecular complexity index is 148. The van der Waals surface area contributed by atoms with Crippen molar-refractivity contribution in [1.29, 1.82) is 0 Å². The van der Waals surface area contributed by atoms with Crippen LogP contribution in [-0.4, -0.2) is 25.3 Å². The highest BCUT2D eigenvalue weighted by Gasteiger charge is 2.00. The summed E-state index contributed by atoms with van der Waals surface area (Å²) in [5.41, 5.74) is 0. The van der Waals surface area contributed by atoms with E-state index in [1.807, 2.05) is 0 Å². The Hall–Kier alpha value is -0.0800. The van der Waals surface area contributed by atoms with Gasteiger partial charge in [0.05, 0.1) is 6.10 Å². The van der Waals surface area contributed by atoms with Crippen LogP contribution in [-0.2, 0) is 4.74 Å². The number of unbranched alkanes of at least 4 members (excludes halogenated alkanes) is 4. The second-order valence-corrected chi connectivity index (χ2v) is 5.33. The molecule has 0 radical (unpaired) electrons. The first-order valence-electron chi connectivity index (χ1n) is 7.51. The lowest BCUT2D eigenvalue weighted by atomic mass is 10.1. The molecule has 0 saturated carbocycles. The summed E-state index contributed by atoms with van der Waals surface area (Å²) in [6.07, 6.45) is 9.72. The third-order valence-electron chi connectivity index (χ3n) is 3.01. The molecule has 2 nitrogen and oxygen atoms in total. The van der Waals surface area contributed by atoms with Crippen molar-refractivity contribution in [2.24, 2.45) is 0 Å². The van der Waals surface area contributed by atoms with E-state index in [2.05, 4.69) is 33.0 Å². The summed E-state index contributed by atoms with van der Waals surface area (Å²) < 4.78 is 5.51. The maximum atomic E-state index is 5.51. The van der Waals surface area contributed by atoms with Crippen molar-refractivity contribution in [2.45, 2.75) is 84.8 Å². The van der Waals surface area contributed by atoms with Gasteiger partial charge in [0.15, 0.2) is 0 Å². The second-order valence-electron chi connectivity index (χ2n) is 5.33. The SMILES string of the molecule is CCCCCCCC(C)NCCCOC(C)C. The number of hydrogen-bond donors (Lipinski definition) is 1. The van der Waals surface area contributed by atoms with Gasteiger partial charge in [-0.2, -0.15) is 0 Å². The van der Waals surface area contributed by atoms with Crippen molar-refractivity contribution in [3.63, 3.8) is 0 Å². The fraction of sp³-hybridized carbons (Fsp3) is 1.00. The molecule has 0 aromatic carbocycles. The first-order valence-corrected chi connectivity index (χ1v) is 7.51. The molecule has 0 amide bonds. The van der Waals surface area contributed by atoms with Crippen LogP contribution in [0.3, 0.4) is 0 Å². The molecule has 0 spiro atoms. The van der Waals surface area contributed by atoms with Crippen LogP contribution >= 0.6 is 0 Å². The Morgan fingerprint density at radius 2 is 1.65 bits per heavy atom. The van der Waals surface area contributed by atoms with Gasteiger partial charge in [-0.05, 0) is 40.2 Å². The van der Waals surface area contributed by atoms with Crippen LogP contribution in [0.25, 0.3) is 0 Å². The Labute approximate surface area is 109 Å². The van der Waals surface area contributed by atoms with E-state index in [4.69, 9.17) is 4.74 Å². The van der Waals surface area contributed by atoms with Crippen molar-refractivity contribution in [2.75, 3.05) is 13.2 Å². The van der Waals surface area contributed by atoms with Crippen molar-refractivity contribution in [3.8, 4) is 0 Å². The molecule has 1 atom stereocenters. The Morgan fingerprint density at radius 1 is 0.941 bits per heavy atom. The Kier molecular flexibility index (Phi) is 12.3. The molecule has 0 heterocycles. The number of rotatable bonds is 12. The van der Waals surface area contributed by atoms with Crippen LogP contribution < -0.4 is 5.32 Å². The zero-order valence-electron chi connectivity index (χ0n) is 12.4. The predicted octanol–water partition coefficient (Wildman–Crippen LogP) is 4.14. The van der Waals surface area contributed by atoms with E-state index in [0.29, 0.717) is 12.1 Å². The quantitative estimate of drug-likeness (QED) is 0.520. The van der Waals surface area contributed by atoms with Crippen molar-refractivity contribution in [1.82, 2.24) is 5.32 Å². The highest BCUT2D eigenvalue weighted by atomic mass is 16.5. The molecule has 2 heteroatoms. The third-order valence-corrected chi connectivity index (χ3v) is 3.01. The summed E-state index contributed by atoms with van der Waals surface area (Å²) in [6, 6.07) is 0.663. The number of nitrogens with one attached hydrogen (secondary N) is 1. The summed E-state index contributed by atoms with van der Waals surface area (Å²) in [6.45, 7) is 10.7. The van der Waals surface area contributed by atoms with Crippen LogP contribution in [0.4, 0.5) is 0 Å². The van der Waals surface area contributed by atoms with Crippen LogP contribution in [0.15, 0.2) is 0 Å². The maximum absolute atomic E-state index is 5.51. The van der Waals surface area contributed by atoms with E-state index in [1.165, 1.54) is 38.5 Å². The average Bonchev–Trinajstić information content (AvgIpc) is 2.28. The number of ether oxygens (including phenoxy) is 1. The molecule has 1 unspecified atom stereocenters. The smallest absolute Gasteiger partial charge is 0.0518 e. The van der Waals surface area contributed by atoms with Crippen LogP contribution in [0, 0.1) is 0 Å². The highest BCUT2D eigenvalue weighted by Crippen LogP contribution is 2.06.